The third kappa shape index (κ3) is 5.69. The van der Waals surface area contributed by atoms with Gasteiger partial charge in [-0.25, -0.2) is 9.59 Å². The van der Waals surface area contributed by atoms with Gasteiger partial charge in [-0.1, -0.05) is 30.3 Å². The molecule has 8 heteroatoms. The van der Waals surface area contributed by atoms with Crippen LogP contribution in [0, 0.1) is 0 Å². The van der Waals surface area contributed by atoms with E-state index in [4.69, 9.17) is 14.2 Å². The molecule has 0 radical (unpaired) electrons. The number of fused-ring (bicyclic) bond motifs is 1. The first-order valence-corrected chi connectivity index (χ1v) is 11.3. The average molecular weight is 454 g/mol. The number of amides is 2. The van der Waals surface area contributed by atoms with Crippen molar-refractivity contribution in [2.45, 2.75) is 33.0 Å². The number of nitrogens with zero attached hydrogens (tertiary/aromatic N) is 3. The molecular weight excluding hydrogens is 422 g/mol. The summed E-state index contributed by atoms with van der Waals surface area (Å²) in [6, 6.07) is 15.5. The third-order valence-electron chi connectivity index (χ3n) is 5.53. The smallest absolute Gasteiger partial charge is 0.414 e. The van der Waals surface area contributed by atoms with Crippen molar-refractivity contribution < 1.29 is 23.8 Å². The van der Waals surface area contributed by atoms with Crippen molar-refractivity contribution in [3.05, 3.63) is 54.1 Å². The molecule has 2 aliphatic rings. The van der Waals surface area contributed by atoms with E-state index in [9.17, 15) is 9.59 Å². The van der Waals surface area contributed by atoms with Crippen molar-refractivity contribution in [2.75, 3.05) is 49.1 Å². The zero-order chi connectivity index (χ0) is 23.4. The summed E-state index contributed by atoms with van der Waals surface area (Å²) in [6.45, 7) is 9.18. The van der Waals surface area contributed by atoms with Gasteiger partial charge in [-0.05, 0) is 44.5 Å². The standard InChI is InChI=1S/C25H31N3O5/c1-25(2,3)33-23(29)27-13-11-26(12-14-27)20-9-10-22-21(17-20)28(15-16-31-22)24(30)32-18-19-7-5-4-6-8-19/h4-10,17H,11-16,18H2,1-3H3. The molecule has 4 rings (SSSR count). The predicted molar refractivity (Wildman–Crippen MR) is 126 cm³/mol. The molecule has 176 valence electrons. The SMILES string of the molecule is CC(C)(C)OC(=O)N1CCN(c2ccc3c(c2)N(C(=O)OCc2ccccc2)CCO3)CC1. The minimum atomic E-state index is -0.509. The Balaban J connectivity index is 1.41. The number of carbonyl (C=O) groups excluding carboxylic acids is 2. The lowest BCUT2D eigenvalue weighted by atomic mass is 10.2. The van der Waals surface area contributed by atoms with Crippen LogP contribution in [0.15, 0.2) is 48.5 Å². The molecule has 33 heavy (non-hydrogen) atoms. The van der Waals surface area contributed by atoms with E-state index in [0.717, 1.165) is 11.3 Å². The van der Waals surface area contributed by atoms with Gasteiger partial charge in [-0.3, -0.25) is 4.90 Å². The Labute approximate surface area is 194 Å². The van der Waals surface area contributed by atoms with Gasteiger partial charge < -0.3 is 24.0 Å². The van der Waals surface area contributed by atoms with E-state index in [0.29, 0.717) is 50.8 Å². The monoisotopic (exact) mass is 453 g/mol. The highest BCUT2D eigenvalue weighted by Gasteiger charge is 2.29. The van der Waals surface area contributed by atoms with Crippen molar-refractivity contribution in [3.63, 3.8) is 0 Å². The van der Waals surface area contributed by atoms with E-state index in [-0.39, 0.29) is 12.7 Å². The summed E-state index contributed by atoms with van der Waals surface area (Å²) in [5.41, 5.74) is 2.11. The molecule has 0 atom stereocenters. The van der Waals surface area contributed by atoms with Crippen LogP contribution in [-0.2, 0) is 16.1 Å². The van der Waals surface area contributed by atoms with E-state index in [1.807, 2.05) is 69.3 Å². The Kier molecular flexibility index (Phi) is 6.62. The number of rotatable bonds is 3. The summed E-state index contributed by atoms with van der Waals surface area (Å²) in [4.78, 5) is 30.7. The minimum Gasteiger partial charge on any atom is -0.490 e. The summed E-state index contributed by atoms with van der Waals surface area (Å²) in [7, 11) is 0. The Bertz CT molecular complexity index is 981. The topological polar surface area (TPSA) is 71.6 Å². The molecule has 2 aliphatic heterocycles. The summed E-state index contributed by atoms with van der Waals surface area (Å²) in [5, 5.41) is 0. The molecule has 2 aromatic carbocycles. The van der Waals surface area contributed by atoms with E-state index < -0.39 is 11.7 Å². The van der Waals surface area contributed by atoms with Gasteiger partial charge in [0.15, 0.2) is 0 Å². The van der Waals surface area contributed by atoms with Gasteiger partial charge in [0.2, 0.25) is 0 Å². The number of ether oxygens (including phenoxy) is 3. The first-order valence-electron chi connectivity index (χ1n) is 11.3. The van der Waals surface area contributed by atoms with Crippen molar-refractivity contribution >= 4 is 23.6 Å². The van der Waals surface area contributed by atoms with Gasteiger partial charge in [0.05, 0.1) is 12.2 Å². The molecule has 1 saturated heterocycles. The first-order chi connectivity index (χ1) is 15.8. The summed E-state index contributed by atoms with van der Waals surface area (Å²) < 4.78 is 16.8. The van der Waals surface area contributed by atoms with Crippen molar-refractivity contribution in [1.82, 2.24) is 4.90 Å². The molecule has 0 aromatic heterocycles. The van der Waals surface area contributed by atoms with Crippen LogP contribution in [0.1, 0.15) is 26.3 Å². The van der Waals surface area contributed by atoms with Crippen molar-refractivity contribution in [2.24, 2.45) is 0 Å². The second kappa shape index (κ2) is 9.60. The molecule has 2 amide bonds. The number of benzene rings is 2. The zero-order valence-electron chi connectivity index (χ0n) is 19.5. The van der Waals surface area contributed by atoms with Gasteiger partial charge in [0, 0.05) is 31.9 Å². The highest BCUT2D eigenvalue weighted by Crippen LogP contribution is 2.36. The number of piperazine rings is 1. The molecule has 0 unspecified atom stereocenters. The van der Waals surface area contributed by atoms with E-state index in [1.54, 1.807) is 9.80 Å². The lowest BCUT2D eigenvalue weighted by Crippen LogP contribution is -2.50. The lowest BCUT2D eigenvalue weighted by molar-refractivity contribution is 0.0240. The number of hydrogen-bond acceptors (Lipinski definition) is 6. The summed E-state index contributed by atoms with van der Waals surface area (Å²) >= 11 is 0. The predicted octanol–water partition coefficient (Wildman–Crippen LogP) is 4.28. The first kappa shape index (κ1) is 22.8. The van der Waals surface area contributed by atoms with Gasteiger partial charge in [0.1, 0.15) is 24.6 Å². The summed E-state index contributed by atoms with van der Waals surface area (Å²) in [5.74, 6) is 0.661. The van der Waals surface area contributed by atoms with Crippen LogP contribution in [0.5, 0.6) is 5.75 Å². The number of carbonyl (C=O) groups is 2. The van der Waals surface area contributed by atoms with Crippen LogP contribution in [-0.4, -0.2) is 62.0 Å². The maximum atomic E-state index is 12.8. The van der Waals surface area contributed by atoms with E-state index >= 15 is 0 Å². The molecule has 1 fully saturated rings. The van der Waals surface area contributed by atoms with Gasteiger partial charge in [-0.15, -0.1) is 0 Å². The molecule has 2 aromatic rings. The average Bonchev–Trinajstić information content (AvgIpc) is 2.81. The number of hydrogen-bond donors (Lipinski definition) is 0. The maximum absolute atomic E-state index is 12.8. The minimum absolute atomic E-state index is 0.221. The number of anilines is 2. The molecular formula is C25H31N3O5. The van der Waals surface area contributed by atoms with E-state index in [2.05, 4.69) is 4.90 Å². The Hall–Kier alpha value is -3.42. The quantitative estimate of drug-likeness (QED) is 0.691. The summed E-state index contributed by atoms with van der Waals surface area (Å²) in [6.07, 6.45) is -0.677. The second-order valence-corrected chi connectivity index (χ2v) is 9.15. The third-order valence-corrected chi connectivity index (χ3v) is 5.53. The Morgan fingerprint density at radius 2 is 1.67 bits per heavy atom. The molecule has 0 spiro atoms. The largest absolute Gasteiger partial charge is 0.490 e. The fraction of sp³-hybridized carbons (Fsp3) is 0.440. The Morgan fingerprint density at radius 3 is 2.36 bits per heavy atom. The maximum Gasteiger partial charge on any atom is 0.414 e. The van der Waals surface area contributed by atoms with Crippen LogP contribution < -0.4 is 14.5 Å². The molecule has 2 heterocycles. The zero-order valence-corrected chi connectivity index (χ0v) is 19.5. The van der Waals surface area contributed by atoms with Crippen LogP contribution in [0.25, 0.3) is 0 Å². The molecule has 0 aliphatic carbocycles. The van der Waals surface area contributed by atoms with E-state index in [1.165, 1.54) is 0 Å². The van der Waals surface area contributed by atoms with Crippen molar-refractivity contribution in [1.29, 1.82) is 0 Å². The van der Waals surface area contributed by atoms with Gasteiger partial charge >= 0.3 is 12.2 Å². The van der Waals surface area contributed by atoms with Gasteiger partial charge in [-0.2, -0.15) is 0 Å². The fourth-order valence-electron chi connectivity index (χ4n) is 3.86. The Morgan fingerprint density at radius 1 is 0.939 bits per heavy atom. The van der Waals surface area contributed by atoms with Crippen LogP contribution in [0.2, 0.25) is 0 Å². The van der Waals surface area contributed by atoms with Crippen LogP contribution >= 0.6 is 0 Å². The molecule has 0 bridgehead atoms. The molecule has 0 saturated carbocycles. The fourth-order valence-corrected chi connectivity index (χ4v) is 3.86. The second-order valence-electron chi connectivity index (χ2n) is 9.15. The van der Waals surface area contributed by atoms with Crippen molar-refractivity contribution in [3.8, 4) is 5.75 Å². The highest BCUT2D eigenvalue weighted by molar-refractivity contribution is 5.91. The molecule has 0 N–H and O–H groups in total. The molecule has 8 nitrogen and oxygen atoms in total. The lowest BCUT2D eigenvalue weighted by Gasteiger charge is -2.37. The highest BCUT2D eigenvalue weighted by atomic mass is 16.6. The van der Waals surface area contributed by atoms with Crippen LogP contribution in [0.4, 0.5) is 21.0 Å². The van der Waals surface area contributed by atoms with Gasteiger partial charge in [0.25, 0.3) is 0 Å². The normalized spacial score (nSPS) is 16.0. The van der Waals surface area contributed by atoms with Crippen LogP contribution in [0.3, 0.4) is 0 Å².